The summed E-state index contributed by atoms with van der Waals surface area (Å²) in [6, 6.07) is 7.63. The average Bonchev–Trinajstić information content (AvgIpc) is 2.92. The van der Waals surface area contributed by atoms with Crippen LogP contribution in [-0.2, 0) is 0 Å². The average molecular weight is 364 g/mol. The van der Waals surface area contributed by atoms with E-state index < -0.39 is 0 Å². The first-order valence-corrected chi connectivity index (χ1v) is 7.58. The molecule has 7 nitrogen and oxygen atoms in total. The normalized spacial score (nSPS) is 10.6. The van der Waals surface area contributed by atoms with Crippen molar-refractivity contribution in [1.29, 1.82) is 0 Å². The minimum atomic E-state index is -0.368. The molecule has 0 radical (unpaired) electrons. The maximum absolute atomic E-state index is 12.4. The molecule has 0 saturated carbocycles. The third-order valence-electron chi connectivity index (χ3n) is 3.32. The lowest BCUT2D eigenvalue weighted by atomic mass is 10.2. The molecule has 122 valence electrons. The fourth-order valence-corrected chi connectivity index (χ4v) is 2.55. The van der Waals surface area contributed by atoms with Crippen LogP contribution in [0.3, 0.4) is 0 Å². The van der Waals surface area contributed by atoms with Gasteiger partial charge in [0.1, 0.15) is 0 Å². The molecule has 0 bridgehead atoms. The summed E-state index contributed by atoms with van der Waals surface area (Å²) in [5.74, 6) is 0.0306. The lowest BCUT2D eigenvalue weighted by Gasteiger charge is -2.07. The van der Waals surface area contributed by atoms with Gasteiger partial charge in [-0.3, -0.25) is 9.59 Å². The minimum absolute atomic E-state index is 0.320. The molecule has 0 spiro atoms. The predicted molar refractivity (Wildman–Crippen MR) is 91.1 cm³/mol. The number of aromatic amines is 1. The second-order valence-corrected chi connectivity index (χ2v) is 5.76. The molecule has 1 amide bonds. The monoisotopic (exact) mass is 363 g/mol. The van der Waals surface area contributed by atoms with Gasteiger partial charge in [-0.1, -0.05) is 23.2 Å². The number of H-pyrrole nitrogens is 1. The van der Waals surface area contributed by atoms with E-state index in [9.17, 15) is 9.59 Å². The summed E-state index contributed by atoms with van der Waals surface area (Å²) < 4.78 is 1.45. The van der Waals surface area contributed by atoms with Crippen molar-refractivity contribution < 1.29 is 4.79 Å². The minimum Gasteiger partial charge on any atom is -0.321 e. The number of amides is 1. The Kier molecular flexibility index (Phi) is 4.37. The van der Waals surface area contributed by atoms with Crippen molar-refractivity contribution in [3.8, 4) is 5.82 Å². The molecule has 0 unspecified atom stereocenters. The molecular formula is C15H11Cl2N5O2. The van der Waals surface area contributed by atoms with Crippen molar-refractivity contribution in [2.75, 3.05) is 5.32 Å². The van der Waals surface area contributed by atoms with Crippen LogP contribution in [0.2, 0.25) is 10.0 Å². The summed E-state index contributed by atoms with van der Waals surface area (Å²) in [6.45, 7) is 1.72. The summed E-state index contributed by atoms with van der Waals surface area (Å²) in [4.78, 5) is 23.5. The zero-order chi connectivity index (χ0) is 17.3. The van der Waals surface area contributed by atoms with Crippen LogP contribution in [0.4, 0.5) is 5.69 Å². The lowest BCUT2D eigenvalue weighted by Crippen LogP contribution is -2.14. The first-order chi connectivity index (χ1) is 11.5. The van der Waals surface area contributed by atoms with Crippen molar-refractivity contribution in [2.24, 2.45) is 0 Å². The fraction of sp³-hybridized carbons (Fsp3) is 0.0667. The highest BCUT2D eigenvalue weighted by molar-refractivity contribution is 6.36. The number of anilines is 1. The molecule has 0 atom stereocenters. The van der Waals surface area contributed by atoms with E-state index in [-0.39, 0.29) is 11.5 Å². The van der Waals surface area contributed by atoms with E-state index in [0.29, 0.717) is 32.8 Å². The molecule has 1 aromatic carbocycles. The van der Waals surface area contributed by atoms with Crippen molar-refractivity contribution in [2.45, 2.75) is 6.92 Å². The first kappa shape index (κ1) is 16.2. The van der Waals surface area contributed by atoms with Crippen LogP contribution in [0.15, 0.2) is 41.3 Å². The quantitative estimate of drug-likeness (QED) is 0.748. The Labute approximate surface area is 146 Å². The molecule has 9 heteroatoms. The van der Waals surface area contributed by atoms with E-state index in [0.717, 1.165) is 0 Å². The molecule has 2 heterocycles. The number of nitrogens with zero attached hydrogens (tertiary/aromatic N) is 3. The Morgan fingerprint density at radius 3 is 2.71 bits per heavy atom. The zero-order valence-corrected chi connectivity index (χ0v) is 13.9. The van der Waals surface area contributed by atoms with Gasteiger partial charge >= 0.3 is 0 Å². The molecule has 3 rings (SSSR count). The van der Waals surface area contributed by atoms with Crippen LogP contribution < -0.4 is 10.9 Å². The number of hydrogen-bond donors (Lipinski definition) is 2. The van der Waals surface area contributed by atoms with Crippen molar-refractivity contribution in [1.82, 2.24) is 20.0 Å². The molecule has 24 heavy (non-hydrogen) atoms. The number of nitrogens with one attached hydrogen (secondary N) is 2. The second-order valence-electron chi connectivity index (χ2n) is 4.91. The maximum Gasteiger partial charge on any atom is 0.264 e. The van der Waals surface area contributed by atoms with Crippen LogP contribution in [0, 0.1) is 6.92 Å². The van der Waals surface area contributed by atoms with Crippen molar-refractivity contribution >= 4 is 34.8 Å². The fourth-order valence-electron chi connectivity index (χ4n) is 2.10. The topological polar surface area (TPSA) is 92.7 Å². The maximum atomic E-state index is 12.4. The van der Waals surface area contributed by atoms with Gasteiger partial charge in [-0.15, -0.1) is 0 Å². The SMILES string of the molecule is Cc1c(C(=O)Nc2ccc(Cl)cc2Cl)cnn1-c1ccc(=O)[nH]n1. The third kappa shape index (κ3) is 3.17. The molecule has 3 aromatic rings. The van der Waals surface area contributed by atoms with Gasteiger partial charge < -0.3 is 5.32 Å². The lowest BCUT2D eigenvalue weighted by molar-refractivity contribution is 0.102. The van der Waals surface area contributed by atoms with Gasteiger partial charge in [0.05, 0.1) is 28.2 Å². The summed E-state index contributed by atoms with van der Waals surface area (Å²) in [5, 5.41) is 13.9. The zero-order valence-electron chi connectivity index (χ0n) is 12.4. The van der Waals surface area contributed by atoms with Crippen molar-refractivity contribution in [3.05, 3.63) is 68.2 Å². The Hall–Kier alpha value is -2.64. The Morgan fingerprint density at radius 1 is 1.25 bits per heavy atom. The van der Waals surface area contributed by atoms with E-state index in [1.807, 2.05) is 0 Å². The predicted octanol–water partition coefficient (Wildman–Crippen LogP) is 2.82. The van der Waals surface area contributed by atoms with Crippen LogP contribution in [-0.4, -0.2) is 25.9 Å². The standard InChI is InChI=1S/C15H11Cl2N5O2/c1-8-10(7-18-22(8)13-4-5-14(23)21-20-13)15(24)19-12-3-2-9(16)6-11(12)17/h2-7H,1H3,(H,19,24)(H,21,23). The van der Waals surface area contributed by atoms with Gasteiger partial charge in [0, 0.05) is 11.1 Å². The van der Waals surface area contributed by atoms with E-state index in [4.69, 9.17) is 23.2 Å². The number of hydrogen-bond acceptors (Lipinski definition) is 4. The molecule has 2 N–H and O–H groups in total. The van der Waals surface area contributed by atoms with E-state index in [2.05, 4.69) is 20.6 Å². The summed E-state index contributed by atoms with van der Waals surface area (Å²) >= 11 is 11.9. The number of rotatable bonds is 3. The van der Waals surface area contributed by atoms with Gasteiger partial charge in [0.2, 0.25) is 0 Å². The van der Waals surface area contributed by atoms with Gasteiger partial charge in [-0.05, 0) is 31.2 Å². The number of halogens is 2. The Balaban J connectivity index is 1.88. The molecule has 0 aliphatic heterocycles. The van der Waals surface area contributed by atoms with E-state index in [1.54, 1.807) is 25.1 Å². The second kappa shape index (κ2) is 6.46. The largest absolute Gasteiger partial charge is 0.321 e. The molecule has 0 aliphatic rings. The third-order valence-corrected chi connectivity index (χ3v) is 3.86. The number of carbonyl (C=O) groups excluding carboxylic acids is 1. The first-order valence-electron chi connectivity index (χ1n) is 6.83. The Morgan fingerprint density at radius 2 is 2.04 bits per heavy atom. The number of aromatic nitrogens is 4. The van der Waals surface area contributed by atoms with Crippen LogP contribution >= 0.6 is 23.2 Å². The molecule has 0 fully saturated rings. The Bertz CT molecular complexity index is 960. The molecule has 0 aliphatic carbocycles. The summed E-state index contributed by atoms with van der Waals surface area (Å²) in [6.07, 6.45) is 1.42. The molecule has 0 saturated heterocycles. The highest BCUT2D eigenvalue weighted by atomic mass is 35.5. The van der Waals surface area contributed by atoms with Gasteiger partial charge in [-0.2, -0.15) is 10.2 Å². The smallest absolute Gasteiger partial charge is 0.264 e. The van der Waals surface area contributed by atoms with Crippen LogP contribution in [0.25, 0.3) is 5.82 Å². The van der Waals surface area contributed by atoms with Gasteiger partial charge in [0.25, 0.3) is 11.5 Å². The van der Waals surface area contributed by atoms with Crippen molar-refractivity contribution in [3.63, 3.8) is 0 Å². The van der Waals surface area contributed by atoms with Crippen LogP contribution in [0.5, 0.6) is 0 Å². The van der Waals surface area contributed by atoms with E-state index >= 15 is 0 Å². The summed E-state index contributed by atoms with van der Waals surface area (Å²) in [5.41, 5.74) is 1.05. The van der Waals surface area contributed by atoms with Gasteiger partial charge in [0.15, 0.2) is 5.82 Å². The number of benzene rings is 1. The number of carbonyl (C=O) groups is 1. The molecular weight excluding hydrogens is 353 g/mol. The molecule has 2 aromatic heterocycles. The summed E-state index contributed by atoms with van der Waals surface area (Å²) in [7, 11) is 0. The van der Waals surface area contributed by atoms with Gasteiger partial charge in [-0.25, -0.2) is 9.78 Å². The van der Waals surface area contributed by atoms with E-state index in [1.165, 1.54) is 23.0 Å². The highest BCUT2D eigenvalue weighted by Gasteiger charge is 2.17. The highest BCUT2D eigenvalue weighted by Crippen LogP contribution is 2.26. The van der Waals surface area contributed by atoms with Crippen LogP contribution in [0.1, 0.15) is 16.1 Å².